The molecule has 0 radical (unpaired) electrons. The highest BCUT2D eigenvalue weighted by Gasteiger charge is 2.32. The lowest BCUT2D eigenvalue weighted by molar-refractivity contribution is -0.0465. The molecule has 1 rings (SSSR count). The zero-order valence-electron chi connectivity index (χ0n) is 9.12. The molecule has 0 fully saturated rings. The van der Waals surface area contributed by atoms with Crippen LogP contribution in [0.5, 0.6) is 0 Å². The lowest BCUT2D eigenvalue weighted by Crippen LogP contribution is -2.40. The van der Waals surface area contributed by atoms with E-state index in [1.165, 1.54) is 4.88 Å². The fourth-order valence-corrected chi connectivity index (χ4v) is 2.38. The first-order valence-electron chi connectivity index (χ1n) is 5.07. The molecular formula is C11H19NOS. The molecule has 0 saturated carbocycles. The van der Waals surface area contributed by atoms with Crippen LogP contribution in [0.1, 0.15) is 38.1 Å². The topological polar surface area (TPSA) is 35.2 Å². The minimum absolute atomic E-state index is 0.0209. The Labute approximate surface area is 90.1 Å². The Morgan fingerprint density at radius 3 is 2.71 bits per heavy atom. The van der Waals surface area contributed by atoms with E-state index in [1.807, 2.05) is 13.0 Å². The fraction of sp³-hybridized carbons (Fsp3) is 0.636. The van der Waals surface area contributed by atoms with Gasteiger partial charge in [0.15, 0.2) is 0 Å². The van der Waals surface area contributed by atoms with Crippen molar-refractivity contribution in [2.24, 2.45) is 5.73 Å². The third-order valence-electron chi connectivity index (χ3n) is 2.68. The molecule has 14 heavy (non-hydrogen) atoms. The molecule has 1 aromatic rings. The number of thiophene rings is 1. The van der Waals surface area contributed by atoms with Crippen molar-refractivity contribution >= 4 is 11.3 Å². The maximum Gasteiger partial charge on any atom is 0.0851 e. The Balaban J connectivity index is 2.79. The summed E-state index contributed by atoms with van der Waals surface area (Å²) in [5.41, 5.74) is 5.96. The molecule has 1 aromatic heterocycles. The van der Waals surface area contributed by atoms with Crippen LogP contribution in [0.2, 0.25) is 0 Å². The lowest BCUT2D eigenvalue weighted by Gasteiger charge is -2.33. The van der Waals surface area contributed by atoms with E-state index in [9.17, 15) is 0 Å². The van der Waals surface area contributed by atoms with Gasteiger partial charge in [-0.15, -0.1) is 11.3 Å². The van der Waals surface area contributed by atoms with Gasteiger partial charge in [0.1, 0.15) is 0 Å². The Kier molecular flexibility index (Phi) is 4.11. The van der Waals surface area contributed by atoms with E-state index in [0.717, 1.165) is 6.42 Å². The van der Waals surface area contributed by atoms with Gasteiger partial charge in [0.2, 0.25) is 0 Å². The Bertz CT molecular complexity index is 260. The molecule has 0 aromatic carbocycles. The summed E-state index contributed by atoms with van der Waals surface area (Å²) in [5, 5.41) is 2.05. The van der Waals surface area contributed by atoms with Crippen LogP contribution in [0, 0.1) is 0 Å². The van der Waals surface area contributed by atoms with Crippen LogP contribution in [-0.2, 0) is 4.74 Å². The molecule has 2 unspecified atom stereocenters. The summed E-state index contributed by atoms with van der Waals surface area (Å²) in [7, 11) is 0. The van der Waals surface area contributed by atoms with Crippen LogP contribution < -0.4 is 5.73 Å². The molecule has 1 heterocycles. The van der Waals surface area contributed by atoms with Gasteiger partial charge in [0, 0.05) is 11.5 Å². The van der Waals surface area contributed by atoms with E-state index < -0.39 is 0 Å². The second-order valence-corrected chi connectivity index (χ2v) is 4.57. The quantitative estimate of drug-likeness (QED) is 0.816. The maximum absolute atomic E-state index is 6.20. The minimum Gasteiger partial charge on any atom is -0.374 e. The average Bonchev–Trinajstić information content (AvgIpc) is 2.69. The SMILES string of the molecule is CCOC(C)(CC)C(N)c1cccs1. The van der Waals surface area contributed by atoms with Crippen LogP contribution in [0.3, 0.4) is 0 Å². The molecule has 0 amide bonds. The van der Waals surface area contributed by atoms with Crippen LogP contribution in [0.4, 0.5) is 0 Å². The Hall–Kier alpha value is -0.380. The first kappa shape index (κ1) is 11.7. The van der Waals surface area contributed by atoms with Crippen molar-refractivity contribution in [3.8, 4) is 0 Å². The number of hydrogen-bond donors (Lipinski definition) is 1. The molecule has 0 saturated heterocycles. The molecule has 2 nitrogen and oxygen atoms in total. The number of nitrogens with two attached hydrogens (primary N) is 1. The molecule has 0 spiro atoms. The van der Waals surface area contributed by atoms with Crippen molar-refractivity contribution in [3.05, 3.63) is 22.4 Å². The maximum atomic E-state index is 6.20. The van der Waals surface area contributed by atoms with Crippen LogP contribution in [0.15, 0.2) is 17.5 Å². The van der Waals surface area contributed by atoms with Gasteiger partial charge in [0.25, 0.3) is 0 Å². The number of rotatable bonds is 5. The molecule has 0 aliphatic carbocycles. The van der Waals surface area contributed by atoms with Gasteiger partial charge in [-0.25, -0.2) is 0 Å². The van der Waals surface area contributed by atoms with E-state index >= 15 is 0 Å². The zero-order valence-corrected chi connectivity index (χ0v) is 9.93. The molecule has 80 valence electrons. The highest BCUT2D eigenvalue weighted by Crippen LogP contribution is 2.32. The standard InChI is InChI=1S/C11H19NOS/c1-4-11(3,13-5-2)10(12)9-7-6-8-14-9/h6-8,10H,4-5,12H2,1-3H3. The summed E-state index contributed by atoms with van der Waals surface area (Å²) >= 11 is 1.69. The largest absolute Gasteiger partial charge is 0.374 e. The van der Waals surface area contributed by atoms with Gasteiger partial charge in [-0.05, 0) is 31.7 Å². The van der Waals surface area contributed by atoms with Crippen LogP contribution in [0.25, 0.3) is 0 Å². The van der Waals surface area contributed by atoms with Crippen LogP contribution >= 0.6 is 11.3 Å². The Morgan fingerprint density at radius 2 is 2.29 bits per heavy atom. The second kappa shape index (κ2) is 4.91. The van der Waals surface area contributed by atoms with Crippen LogP contribution in [-0.4, -0.2) is 12.2 Å². The van der Waals surface area contributed by atoms with Crippen molar-refractivity contribution in [1.29, 1.82) is 0 Å². The highest BCUT2D eigenvalue weighted by molar-refractivity contribution is 7.10. The molecule has 0 bridgehead atoms. The van der Waals surface area contributed by atoms with E-state index in [0.29, 0.717) is 6.61 Å². The van der Waals surface area contributed by atoms with Gasteiger partial charge in [-0.1, -0.05) is 13.0 Å². The third kappa shape index (κ3) is 2.35. The van der Waals surface area contributed by atoms with Gasteiger partial charge in [0.05, 0.1) is 11.6 Å². The summed E-state index contributed by atoms with van der Waals surface area (Å²) < 4.78 is 5.75. The number of ether oxygens (including phenoxy) is 1. The molecule has 2 atom stereocenters. The molecule has 2 N–H and O–H groups in total. The Morgan fingerprint density at radius 1 is 1.57 bits per heavy atom. The summed E-state index contributed by atoms with van der Waals surface area (Å²) in [6.07, 6.45) is 0.930. The second-order valence-electron chi connectivity index (χ2n) is 3.59. The average molecular weight is 213 g/mol. The van der Waals surface area contributed by atoms with Gasteiger partial charge >= 0.3 is 0 Å². The van der Waals surface area contributed by atoms with Gasteiger partial charge in [-0.2, -0.15) is 0 Å². The van der Waals surface area contributed by atoms with E-state index in [2.05, 4.69) is 25.3 Å². The predicted octanol–water partition coefficient (Wildman–Crippen LogP) is 2.95. The summed E-state index contributed by atoms with van der Waals surface area (Å²) in [4.78, 5) is 1.20. The van der Waals surface area contributed by atoms with E-state index in [4.69, 9.17) is 10.5 Å². The third-order valence-corrected chi connectivity index (χ3v) is 3.64. The van der Waals surface area contributed by atoms with Gasteiger partial charge in [-0.3, -0.25) is 0 Å². The summed E-state index contributed by atoms with van der Waals surface area (Å²) in [6, 6.07) is 4.08. The molecule has 0 aliphatic heterocycles. The fourth-order valence-electron chi connectivity index (χ4n) is 1.51. The molecular weight excluding hydrogens is 194 g/mol. The minimum atomic E-state index is -0.237. The monoisotopic (exact) mass is 213 g/mol. The number of hydrogen-bond acceptors (Lipinski definition) is 3. The van der Waals surface area contributed by atoms with E-state index in [-0.39, 0.29) is 11.6 Å². The van der Waals surface area contributed by atoms with Gasteiger partial charge < -0.3 is 10.5 Å². The zero-order chi connectivity index (χ0) is 10.6. The van der Waals surface area contributed by atoms with E-state index in [1.54, 1.807) is 11.3 Å². The molecule has 0 aliphatic rings. The van der Waals surface area contributed by atoms with Crippen molar-refractivity contribution in [2.45, 2.75) is 38.8 Å². The lowest BCUT2D eigenvalue weighted by atomic mass is 9.92. The van der Waals surface area contributed by atoms with Crippen molar-refractivity contribution in [3.63, 3.8) is 0 Å². The molecule has 3 heteroatoms. The van der Waals surface area contributed by atoms with Crippen molar-refractivity contribution in [1.82, 2.24) is 0 Å². The first-order valence-corrected chi connectivity index (χ1v) is 5.95. The predicted molar refractivity (Wildman–Crippen MR) is 61.6 cm³/mol. The first-order chi connectivity index (χ1) is 6.64. The summed E-state index contributed by atoms with van der Waals surface area (Å²) in [5.74, 6) is 0. The summed E-state index contributed by atoms with van der Waals surface area (Å²) in [6.45, 7) is 6.92. The highest BCUT2D eigenvalue weighted by atomic mass is 32.1. The van der Waals surface area contributed by atoms with Crippen molar-refractivity contribution in [2.75, 3.05) is 6.61 Å². The normalized spacial score (nSPS) is 17.7. The van der Waals surface area contributed by atoms with Crippen molar-refractivity contribution < 1.29 is 4.74 Å². The smallest absolute Gasteiger partial charge is 0.0851 e.